The number of ether oxygens (including phenoxy) is 1. The monoisotopic (exact) mass is 254 g/mol. The Kier molecular flexibility index (Phi) is 4.39. The van der Waals surface area contributed by atoms with Crippen LogP contribution in [0.15, 0.2) is 61.2 Å². The van der Waals surface area contributed by atoms with Crippen LogP contribution in [-0.4, -0.2) is 17.2 Å². The molecule has 2 N–H and O–H groups in total. The second-order valence-electron chi connectivity index (χ2n) is 4.19. The molecular weight excluding hydrogens is 239 g/mol. The molecule has 0 amide bonds. The summed E-state index contributed by atoms with van der Waals surface area (Å²) in [5.74, 6) is 0.558. The van der Waals surface area contributed by atoms with Crippen molar-refractivity contribution in [1.82, 2.24) is 0 Å². The van der Waals surface area contributed by atoms with Crippen molar-refractivity contribution < 1.29 is 14.8 Å². The summed E-state index contributed by atoms with van der Waals surface area (Å²) >= 11 is 0. The van der Waals surface area contributed by atoms with Crippen LogP contribution in [0, 0.1) is 0 Å². The highest BCUT2D eigenvalue weighted by atomic mass is 16.5. The van der Waals surface area contributed by atoms with E-state index >= 15 is 0 Å². The molecule has 0 aliphatic carbocycles. The van der Waals surface area contributed by atoms with E-state index in [0.717, 1.165) is 11.1 Å². The van der Waals surface area contributed by atoms with Crippen molar-refractivity contribution in [2.24, 2.45) is 0 Å². The Hall–Kier alpha value is -2.04. The Bertz CT molecular complexity index is 535. The molecule has 0 radical (unpaired) electrons. The van der Waals surface area contributed by atoms with Crippen molar-refractivity contribution in [3.8, 4) is 0 Å². The molecular formula is C15H15BO3. The van der Waals surface area contributed by atoms with Crippen LogP contribution in [0.25, 0.3) is 5.76 Å². The highest BCUT2D eigenvalue weighted by Gasteiger charge is 2.10. The summed E-state index contributed by atoms with van der Waals surface area (Å²) in [7, 11) is -1.45. The fraction of sp³-hybridized carbons (Fsp3) is 0.0667. The van der Waals surface area contributed by atoms with Crippen LogP contribution in [0.2, 0.25) is 0 Å². The van der Waals surface area contributed by atoms with Gasteiger partial charge in [0.1, 0.15) is 12.4 Å². The molecule has 0 bridgehead atoms. The van der Waals surface area contributed by atoms with Gasteiger partial charge < -0.3 is 14.8 Å². The SMILES string of the molecule is C=C(OCc1ccccc1)c1ccc(B(O)O)cc1. The third-order valence-electron chi connectivity index (χ3n) is 2.79. The Balaban J connectivity index is 1.96. The Morgan fingerprint density at radius 2 is 1.63 bits per heavy atom. The molecule has 0 spiro atoms. The fourth-order valence-electron chi connectivity index (χ4n) is 1.67. The Labute approximate surface area is 112 Å². The standard InChI is InChI=1S/C15H15BO3/c1-12(19-11-13-5-3-2-4-6-13)14-7-9-15(10-8-14)16(17)18/h2-10,17-18H,1,11H2. The van der Waals surface area contributed by atoms with Crippen LogP contribution in [0.4, 0.5) is 0 Å². The van der Waals surface area contributed by atoms with Crippen LogP contribution in [0.1, 0.15) is 11.1 Å². The first-order valence-electron chi connectivity index (χ1n) is 5.99. The molecule has 0 heterocycles. The predicted molar refractivity (Wildman–Crippen MR) is 76.5 cm³/mol. The molecule has 0 aliphatic rings. The molecule has 0 unspecified atom stereocenters. The molecule has 2 aromatic rings. The van der Waals surface area contributed by atoms with Crippen molar-refractivity contribution in [2.45, 2.75) is 6.61 Å². The molecule has 3 nitrogen and oxygen atoms in total. The van der Waals surface area contributed by atoms with Gasteiger partial charge in [0.25, 0.3) is 0 Å². The summed E-state index contributed by atoms with van der Waals surface area (Å²) < 4.78 is 5.59. The summed E-state index contributed by atoms with van der Waals surface area (Å²) in [5.41, 5.74) is 2.34. The van der Waals surface area contributed by atoms with Gasteiger partial charge in [-0.3, -0.25) is 0 Å². The maximum atomic E-state index is 9.01. The lowest BCUT2D eigenvalue weighted by Gasteiger charge is -2.10. The molecule has 4 heteroatoms. The fourth-order valence-corrected chi connectivity index (χ4v) is 1.67. The smallest absolute Gasteiger partial charge is 0.488 e. The van der Waals surface area contributed by atoms with Crippen LogP contribution in [-0.2, 0) is 11.3 Å². The van der Waals surface area contributed by atoms with E-state index < -0.39 is 7.12 Å². The molecule has 2 rings (SSSR count). The maximum Gasteiger partial charge on any atom is 0.488 e. The van der Waals surface area contributed by atoms with Crippen molar-refractivity contribution in [1.29, 1.82) is 0 Å². The number of hydrogen-bond acceptors (Lipinski definition) is 3. The first-order chi connectivity index (χ1) is 9.16. The molecule has 0 aromatic heterocycles. The highest BCUT2D eigenvalue weighted by Crippen LogP contribution is 2.14. The van der Waals surface area contributed by atoms with E-state index in [1.54, 1.807) is 24.3 Å². The van der Waals surface area contributed by atoms with E-state index in [1.807, 2.05) is 30.3 Å². The Morgan fingerprint density at radius 3 is 2.21 bits per heavy atom. The topological polar surface area (TPSA) is 49.7 Å². The lowest BCUT2D eigenvalue weighted by molar-refractivity contribution is 0.265. The molecule has 0 saturated carbocycles. The third-order valence-corrected chi connectivity index (χ3v) is 2.79. The van der Waals surface area contributed by atoms with E-state index in [1.165, 1.54) is 0 Å². The summed E-state index contributed by atoms with van der Waals surface area (Å²) in [6.45, 7) is 4.33. The average Bonchev–Trinajstić information content (AvgIpc) is 2.46. The minimum atomic E-state index is -1.45. The van der Waals surface area contributed by atoms with Crippen LogP contribution in [0.5, 0.6) is 0 Å². The van der Waals surface area contributed by atoms with Gasteiger partial charge in [-0.25, -0.2) is 0 Å². The number of benzene rings is 2. The van der Waals surface area contributed by atoms with Gasteiger partial charge in [0.15, 0.2) is 0 Å². The molecule has 19 heavy (non-hydrogen) atoms. The first-order valence-corrected chi connectivity index (χ1v) is 5.99. The van der Waals surface area contributed by atoms with E-state index in [4.69, 9.17) is 14.8 Å². The Morgan fingerprint density at radius 1 is 1.00 bits per heavy atom. The zero-order chi connectivity index (χ0) is 13.7. The summed E-state index contributed by atoms with van der Waals surface area (Å²) in [4.78, 5) is 0. The zero-order valence-electron chi connectivity index (χ0n) is 10.5. The minimum Gasteiger partial charge on any atom is -0.489 e. The van der Waals surface area contributed by atoms with Crippen molar-refractivity contribution in [3.05, 3.63) is 72.3 Å². The normalized spacial score (nSPS) is 10.0. The second kappa shape index (κ2) is 6.23. The first kappa shape index (κ1) is 13.4. The maximum absolute atomic E-state index is 9.01. The van der Waals surface area contributed by atoms with Crippen LogP contribution >= 0.6 is 0 Å². The molecule has 96 valence electrons. The minimum absolute atomic E-state index is 0.444. The molecule has 0 aliphatic heterocycles. The van der Waals surface area contributed by atoms with Gasteiger partial charge in [0, 0.05) is 5.56 Å². The number of rotatable bonds is 5. The molecule has 2 aromatic carbocycles. The van der Waals surface area contributed by atoms with Gasteiger partial charge in [-0.15, -0.1) is 0 Å². The van der Waals surface area contributed by atoms with Crippen molar-refractivity contribution in [2.75, 3.05) is 0 Å². The predicted octanol–water partition coefficient (Wildman–Crippen LogP) is 1.55. The number of hydrogen-bond donors (Lipinski definition) is 2. The van der Waals surface area contributed by atoms with Gasteiger partial charge in [-0.05, 0) is 11.0 Å². The molecule has 0 fully saturated rings. The lowest BCUT2D eigenvalue weighted by Crippen LogP contribution is -2.29. The summed E-state index contributed by atoms with van der Waals surface area (Å²) in [6.07, 6.45) is 0. The highest BCUT2D eigenvalue weighted by molar-refractivity contribution is 6.58. The van der Waals surface area contributed by atoms with E-state index in [2.05, 4.69) is 6.58 Å². The van der Waals surface area contributed by atoms with Gasteiger partial charge >= 0.3 is 7.12 Å². The van der Waals surface area contributed by atoms with Crippen molar-refractivity contribution in [3.63, 3.8) is 0 Å². The van der Waals surface area contributed by atoms with Crippen molar-refractivity contribution >= 4 is 18.3 Å². The average molecular weight is 254 g/mol. The van der Waals surface area contributed by atoms with Gasteiger partial charge in [-0.2, -0.15) is 0 Å². The largest absolute Gasteiger partial charge is 0.489 e. The van der Waals surface area contributed by atoms with Crippen LogP contribution in [0.3, 0.4) is 0 Å². The molecule has 0 atom stereocenters. The van der Waals surface area contributed by atoms with E-state index in [9.17, 15) is 0 Å². The lowest BCUT2D eigenvalue weighted by atomic mass is 9.80. The van der Waals surface area contributed by atoms with Gasteiger partial charge in [0.05, 0.1) is 0 Å². The quantitative estimate of drug-likeness (QED) is 0.628. The van der Waals surface area contributed by atoms with E-state index in [0.29, 0.717) is 17.8 Å². The van der Waals surface area contributed by atoms with Gasteiger partial charge in [-0.1, -0.05) is 61.2 Å². The van der Waals surface area contributed by atoms with E-state index in [-0.39, 0.29) is 0 Å². The van der Waals surface area contributed by atoms with Crippen LogP contribution < -0.4 is 5.46 Å². The zero-order valence-corrected chi connectivity index (χ0v) is 10.5. The summed E-state index contributed by atoms with van der Waals surface area (Å²) in [6, 6.07) is 16.6. The van der Waals surface area contributed by atoms with Gasteiger partial charge in [0.2, 0.25) is 0 Å². The third kappa shape index (κ3) is 3.71. The summed E-state index contributed by atoms with van der Waals surface area (Å²) in [5, 5.41) is 18.0. The molecule has 0 saturated heterocycles. The second-order valence-corrected chi connectivity index (χ2v) is 4.19.